The van der Waals surface area contributed by atoms with Crippen LogP contribution in [0, 0.1) is 5.92 Å². The smallest absolute Gasteiger partial charge is 0.413 e. The molecule has 1 N–H and O–H groups in total. The molecule has 0 aromatic heterocycles. The minimum absolute atomic E-state index is 0.0147. The second-order valence-corrected chi connectivity index (χ2v) is 13.4. The number of nitrogens with one attached hydrogen (secondary N) is 1. The molecule has 1 aromatic rings. The van der Waals surface area contributed by atoms with Gasteiger partial charge in [-0.25, -0.2) is 5.06 Å². The molecule has 1 aliphatic heterocycles. The van der Waals surface area contributed by atoms with Gasteiger partial charge in [-0.2, -0.15) is 4.79 Å². The Hall–Kier alpha value is -3.34. The number of azide groups is 1. The largest absolute Gasteiger partial charge is 0.424 e. The lowest BCUT2D eigenvalue weighted by molar-refractivity contribution is -0.178. The van der Waals surface area contributed by atoms with Gasteiger partial charge in [0, 0.05) is 24.1 Å². The summed E-state index contributed by atoms with van der Waals surface area (Å²) in [7, 11) is -0.663. The van der Waals surface area contributed by atoms with Gasteiger partial charge >= 0.3 is 11.6 Å². The molecule has 1 fully saturated rings. The van der Waals surface area contributed by atoms with Gasteiger partial charge in [0.05, 0.1) is 18.1 Å². The third kappa shape index (κ3) is 6.87. The summed E-state index contributed by atoms with van der Waals surface area (Å²) in [5.41, 5.74) is 18.3. The summed E-state index contributed by atoms with van der Waals surface area (Å²) in [6.45, 7) is 8.12. The fourth-order valence-corrected chi connectivity index (χ4v) is 7.18. The van der Waals surface area contributed by atoms with E-state index in [1.807, 2.05) is 6.92 Å². The molecule has 194 valence electrons. The third-order valence-electron chi connectivity index (χ3n) is 6.72. The summed E-state index contributed by atoms with van der Waals surface area (Å²) in [5.74, 6) is -2.37. The number of amides is 2. The van der Waals surface area contributed by atoms with Crippen molar-refractivity contribution in [1.29, 1.82) is 0 Å². The fraction of sp³-hybridized carbons (Fsp3) is 0.565. The normalized spacial score (nSPS) is 17.6. The van der Waals surface area contributed by atoms with Gasteiger partial charge in [0.25, 0.3) is 5.78 Å². The van der Waals surface area contributed by atoms with Gasteiger partial charge in [-0.1, -0.05) is 50.2 Å². The van der Waals surface area contributed by atoms with E-state index in [2.05, 4.69) is 40.9 Å². The summed E-state index contributed by atoms with van der Waals surface area (Å²) < 4.78 is 6.41. The molecule has 0 spiro atoms. The second kappa shape index (κ2) is 13.1. The summed E-state index contributed by atoms with van der Waals surface area (Å²) >= 11 is 0. The van der Waals surface area contributed by atoms with Crippen LogP contribution in [-0.2, 0) is 30.3 Å². The summed E-state index contributed by atoms with van der Waals surface area (Å²) in [4.78, 5) is 48.8. The highest BCUT2D eigenvalue weighted by Crippen LogP contribution is 2.30. The Morgan fingerprint density at radius 2 is 1.78 bits per heavy atom. The van der Waals surface area contributed by atoms with E-state index in [1.165, 1.54) is 7.05 Å². The summed E-state index contributed by atoms with van der Waals surface area (Å²) in [6, 6.07) is 8.77. The number of carbonyl (C=O) groups is 3. The van der Waals surface area contributed by atoms with Crippen LogP contribution in [0.3, 0.4) is 0 Å². The highest BCUT2D eigenvalue weighted by Gasteiger charge is 2.48. The lowest BCUT2D eigenvalue weighted by atomic mass is 9.82. The number of carbonyl (C=O) groups excluding carboxylic acids is 3. The number of Topliss-reactive ketones (excluding diaryl/α,β-unsaturated/α-hetero) is 1. The maximum absolute atomic E-state index is 12.8. The van der Waals surface area contributed by atoms with E-state index in [0.717, 1.165) is 23.2 Å². The maximum Gasteiger partial charge on any atom is 0.424 e. The minimum Gasteiger partial charge on any atom is -0.413 e. The second-order valence-electron chi connectivity index (χ2n) is 8.72. The molecule has 0 aliphatic carbocycles. The molecule has 2 amide bonds. The van der Waals surface area contributed by atoms with Crippen LogP contribution in [0.15, 0.2) is 29.4 Å². The standard InChI is InChI=1S/C23H33N7O5Si/c1-6-36(7-2,8-3)35-15(4)20-18(26-22(20)32)13-19(31)21(27-24)23(33)30(5)34-14-16-9-11-17(12-10-16)28-29-25/h9-12,15,18,20H,6-8,13-14H2,1-5H3,(H,26,32)/t15-,18-,20-/m1/s1. The third-order valence-corrected chi connectivity index (χ3v) is 11.5. The lowest BCUT2D eigenvalue weighted by Crippen LogP contribution is -2.64. The zero-order valence-corrected chi connectivity index (χ0v) is 22.3. The van der Waals surface area contributed by atoms with Crippen molar-refractivity contribution in [3.8, 4) is 0 Å². The molecule has 0 unspecified atom stereocenters. The van der Waals surface area contributed by atoms with Crippen molar-refractivity contribution in [2.75, 3.05) is 7.05 Å². The molecule has 1 aromatic carbocycles. The maximum atomic E-state index is 12.8. The Bertz CT molecular complexity index is 1050. The van der Waals surface area contributed by atoms with Crippen LogP contribution in [0.5, 0.6) is 0 Å². The SMILES string of the molecule is CC[Si](CC)(CC)O[C@H](C)[C@H]1C(=O)N[C@@H]1CC(=O)C(=[N+]=[N-])C(=O)N(C)OCc1ccc(N=[N+]=[N-])cc1. The number of hydrogen-bond donors (Lipinski definition) is 1. The number of ketones is 1. The Kier molecular flexibility index (Phi) is 10.5. The van der Waals surface area contributed by atoms with Crippen molar-refractivity contribution < 1.29 is 28.4 Å². The molecular formula is C23H33N7O5Si. The predicted molar refractivity (Wildman–Crippen MR) is 134 cm³/mol. The first kappa shape index (κ1) is 28.9. The predicted octanol–water partition coefficient (Wildman–Crippen LogP) is 3.67. The Morgan fingerprint density at radius 1 is 1.17 bits per heavy atom. The van der Waals surface area contributed by atoms with Crippen LogP contribution in [0.2, 0.25) is 18.1 Å². The Labute approximate surface area is 211 Å². The average molecular weight is 516 g/mol. The molecular weight excluding hydrogens is 482 g/mol. The van der Waals surface area contributed by atoms with Crippen LogP contribution in [0.4, 0.5) is 5.69 Å². The zero-order valence-electron chi connectivity index (χ0n) is 21.3. The number of benzene rings is 1. The first-order chi connectivity index (χ1) is 17.1. The van der Waals surface area contributed by atoms with Gasteiger partial charge in [-0.05, 0) is 36.2 Å². The molecule has 13 heteroatoms. The molecule has 1 saturated heterocycles. The summed E-state index contributed by atoms with van der Waals surface area (Å²) in [6.07, 6.45) is -0.576. The van der Waals surface area contributed by atoms with Crippen molar-refractivity contribution >= 4 is 37.3 Å². The van der Waals surface area contributed by atoms with Crippen molar-refractivity contribution in [3.05, 3.63) is 45.8 Å². The van der Waals surface area contributed by atoms with E-state index in [1.54, 1.807) is 24.3 Å². The van der Waals surface area contributed by atoms with E-state index in [-0.39, 0.29) is 25.0 Å². The molecule has 1 heterocycles. The highest BCUT2D eigenvalue weighted by molar-refractivity contribution is 6.73. The van der Waals surface area contributed by atoms with Crippen LogP contribution >= 0.6 is 0 Å². The van der Waals surface area contributed by atoms with E-state index in [4.69, 9.17) is 14.8 Å². The highest BCUT2D eigenvalue weighted by atomic mass is 28.4. The van der Waals surface area contributed by atoms with Crippen LogP contribution in [0.1, 0.15) is 39.7 Å². The van der Waals surface area contributed by atoms with Crippen LogP contribution < -0.4 is 5.32 Å². The quantitative estimate of drug-likeness (QED) is 0.0581. The molecule has 0 bridgehead atoms. The van der Waals surface area contributed by atoms with Gasteiger partial charge in [0.1, 0.15) is 6.61 Å². The van der Waals surface area contributed by atoms with Gasteiger partial charge in [0.15, 0.2) is 8.32 Å². The topological polar surface area (TPSA) is 170 Å². The molecule has 36 heavy (non-hydrogen) atoms. The number of rotatable bonds is 14. The molecule has 3 atom stereocenters. The van der Waals surface area contributed by atoms with Gasteiger partial charge in [0.2, 0.25) is 5.91 Å². The first-order valence-electron chi connectivity index (χ1n) is 11.9. The Balaban J connectivity index is 1.98. The first-order valence-corrected chi connectivity index (χ1v) is 14.5. The van der Waals surface area contributed by atoms with Crippen LogP contribution in [0.25, 0.3) is 16.0 Å². The molecule has 0 radical (unpaired) electrons. The minimum atomic E-state index is -1.96. The Morgan fingerprint density at radius 3 is 2.28 bits per heavy atom. The summed E-state index contributed by atoms with van der Waals surface area (Å²) in [5, 5.41) is 6.98. The fourth-order valence-electron chi connectivity index (χ4n) is 4.25. The van der Waals surface area contributed by atoms with E-state index < -0.39 is 37.7 Å². The number of hydroxylamine groups is 2. The molecule has 2 rings (SSSR count). The zero-order chi connectivity index (χ0) is 26.9. The van der Waals surface area contributed by atoms with Crippen LogP contribution in [-0.4, -0.2) is 60.7 Å². The van der Waals surface area contributed by atoms with Gasteiger partial charge in [-0.3, -0.25) is 19.2 Å². The van der Waals surface area contributed by atoms with Gasteiger partial charge in [-0.15, -0.1) is 0 Å². The molecule has 1 aliphatic rings. The number of nitrogens with zero attached hydrogens (tertiary/aromatic N) is 6. The monoisotopic (exact) mass is 515 g/mol. The molecule has 0 saturated carbocycles. The van der Waals surface area contributed by atoms with E-state index in [0.29, 0.717) is 11.3 Å². The number of β-lactam (4-membered cyclic amide) rings is 1. The molecule has 12 nitrogen and oxygen atoms in total. The number of hydrogen-bond acceptors (Lipinski definition) is 6. The van der Waals surface area contributed by atoms with Crippen molar-refractivity contribution in [2.24, 2.45) is 11.0 Å². The average Bonchev–Trinajstić information content (AvgIpc) is 2.86. The van der Waals surface area contributed by atoms with Gasteiger partial charge < -0.3 is 15.3 Å². The van der Waals surface area contributed by atoms with Crippen molar-refractivity contribution in [1.82, 2.24) is 10.4 Å². The van der Waals surface area contributed by atoms with E-state index in [9.17, 15) is 19.9 Å². The van der Waals surface area contributed by atoms with Crippen molar-refractivity contribution in [2.45, 2.75) is 71.0 Å². The van der Waals surface area contributed by atoms with E-state index >= 15 is 0 Å². The lowest BCUT2D eigenvalue weighted by Gasteiger charge is -2.43. The van der Waals surface area contributed by atoms with Crippen molar-refractivity contribution in [3.63, 3.8) is 0 Å².